The highest BCUT2D eigenvalue weighted by Gasteiger charge is 2.19. The number of hydrogen-bond acceptors (Lipinski definition) is 6. The Morgan fingerprint density at radius 3 is 2.70 bits per heavy atom. The number of aryl methyl sites for hydroxylation is 1. The lowest BCUT2D eigenvalue weighted by Gasteiger charge is -2.35. The number of carbonyl (C=O) groups excluding carboxylic acids is 1. The van der Waals surface area contributed by atoms with Crippen molar-refractivity contribution in [1.82, 2.24) is 14.9 Å². The van der Waals surface area contributed by atoms with E-state index < -0.39 is 0 Å². The van der Waals surface area contributed by atoms with E-state index in [1.54, 1.807) is 6.92 Å². The molecule has 20 heavy (non-hydrogen) atoms. The van der Waals surface area contributed by atoms with Crippen LogP contribution in [0.1, 0.15) is 12.2 Å². The van der Waals surface area contributed by atoms with E-state index >= 15 is 0 Å². The standard InChI is InChI=1S/C13H20N4O3/c1-10-14-11(9-12(18)15-10)17-7-5-16(6-8-17)4-3-13(19)20-2/h9H,3-8H2,1-2H3,(H,14,15,18). The Bertz CT molecular complexity index is 521. The van der Waals surface area contributed by atoms with Gasteiger partial charge in [-0.05, 0) is 6.92 Å². The molecule has 2 heterocycles. The molecule has 0 aromatic carbocycles. The molecule has 0 spiro atoms. The van der Waals surface area contributed by atoms with Crippen molar-refractivity contribution in [2.24, 2.45) is 0 Å². The van der Waals surface area contributed by atoms with Gasteiger partial charge in [0.15, 0.2) is 0 Å². The normalized spacial score (nSPS) is 16.2. The molecule has 1 saturated heterocycles. The van der Waals surface area contributed by atoms with Gasteiger partial charge in [0.25, 0.3) is 5.56 Å². The number of H-pyrrole nitrogens is 1. The fraction of sp³-hybridized carbons (Fsp3) is 0.615. The molecule has 0 bridgehead atoms. The number of nitrogens with zero attached hydrogens (tertiary/aromatic N) is 3. The monoisotopic (exact) mass is 280 g/mol. The molecule has 2 rings (SSSR count). The lowest BCUT2D eigenvalue weighted by atomic mass is 10.3. The highest BCUT2D eigenvalue weighted by atomic mass is 16.5. The summed E-state index contributed by atoms with van der Waals surface area (Å²) in [5.41, 5.74) is -0.124. The summed E-state index contributed by atoms with van der Waals surface area (Å²) in [5, 5.41) is 0. The zero-order valence-corrected chi connectivity index (χ0v) is 11.9. The van der Waals surface area contributed by atoms with Gasteiger partial charge in [-0.15, -0.1) is 0 Å². The van der Waals surface area contributed by atoms with Crippen molar-refractivity contribution in [1.29, 1.82) is 0 Å². The molecular formula is C13H20N4O3. The Labute approximate surface area is 117 Å². The van der Waals surface area contributed by atoms with Gasteiger partial charge in [-0.1, -0.05) is 0 Å². The number of esters is 1. The van der Waals surface area contributed by atoms with Gasteiger partial charge in [0, 0.05) is 38.8 Å². The number of aromatic nitrogens is 2. The zero-order chi connectivity index (χ0) is 14.5. The molecule has 110 valence electrons. The predicted molar refractivity (Wildman–Crippen MR) is 74.9 cm³/mol. The summed E-state index contributed by atoms with van der Waals surface area (Å²) in [7, 11) is 1.40. The molecule has 1 fully saturated rings. The molecule has 1 aromatic heterocycles. The van der Waals surface area contributed by atoms with Crippen LogP contribution in [-0.2, 0) is 9.53 Å². The fourth-order valence-corrected chi connectivity index (χ4v) is 2.28. The SMILES string of the molecule is COC(=O)CCN1CCN(c2cc(=O)[nH]c(C)n2)CC1. The molecule has 1 aliphatic rings. The second-order valence-corrected chi connectivity index (χ2v) is 4.84. The lowest BCUT2D eigenvalue weighted by molar-refractivity contribution is -0.141. The molecular weight excluding hydrogens is 260 g/mol. The summed E-state index contributed by atoms with van der Waals surface area (Å²) < 4.78 is 4.63. The van der Waals surface area contributed by atoms with Gasteiger partial charge in [-0.3, -0.25) is 14.5 Å². The first-order valence-corrected chi connectivity index (χ1v) is 6.70. The van der Waals surface area contributed by atoms with E-state index in [2.05, 4.69) is 24.5 Å². The number of anilines is 1. The molecule has 1 N–H and O–H groups in total. The van der Waals surface area contributed by atoms with Crippen LogP contribution in [0.2, 0.25) is 0 Å². The predicted octanol–water partition coefficient (Wildman–Crippen LogP) is -0.237. The lowest BCUT2D eigenvalue weighted by Crippen LogP contribution is -2.47. The van der Waals surface area contributed by atoms with Gasteiger partial charge >= 0.3 is 5.97 Å². The Morgan fingerprint density at radius 2 is 2.10 bits per heavy atom. The van der Waals surface area contributed by atoms with Gasteiger partial charge in [0.1, 0.15) is 11.6 Å². The van der Waals surface area contributed by atoms with Crippen molar-refractivity contribution in [3.63, 3.8) is 0 Å². The molecule has 0 radical (unpaired) electrons. The first-order chi connectivity index (χ1) is 9.58. The third-order valence-corrected chi connectivity index (χ3v) is 3.40. The van der Waals surface area contributed by atoms with Crippen LogP contribution < -0.4 is 10.5 Å². The summed E-state index contributed by atoms with van der Waals surface area (Å²) >= 11 is 0. The maximum Gasteiger partial charge on any atom is 0.306 e. The van der Waals surface area contributed by atoms with Gasteiger partial charge in [0.2, 0.25) is 0 Å². The molecule has 1 aromatic rings. The molecule has 1 aliphatic heterocycles. The van der Waals surface area contributed by atoms with Crippen LogP contribution in [0.25, 0.3) is 0 Å². The maximum atomic E-state index is 11.4. The van der Waals surface area contributed by atoms with Crippen molar-refractivity contribution < 1.29 is 9.53 Å². The van der Waals surface area contributed by atoms with Crippen LogP contribution in [-0.4, -0.2) is 60.7 Å². The topological polar surface area (TPSA) is 78.5 Å². The van der Waals surface area contributed by atoms with Crippen LogP contribution in [0.15, 0.2) is 10.9 Å². The zero-order valence-electron chi connectivity index (χ0n) is 11.9. The number of carbonyl (C=O) groups is 1. The third-order valence-electron chi connectivity index (χ3n) is 3.40. The minimum atomic E-state index is -0.181. The van der Waals surface area contributed by atoms with E-state index in [-0.39, 0.29) is 11.5 Å². The van der Waals surface area contributed by atoms with E-state index in [1.165, 1.54) is 13.2 Å². The van der Waals surface area contributed by atoms with Crippen molar-refractivity contribution in [3.05, 3.63) is 22.2 Å². The average Bonchev–Trinajstić information content (AvgIpc) is 2.44. The number of hydrogen-bond donors (Lipinski definition) is 1. The number of methoxy groups -OCH3 is 1. The summed E-state index contributed by atoms with van der Waals surface area (Å²) in [5.74, 6) is 1.17. The minimum Gasteiger partial charge on any atom is -0.469 e. The molecule has 0 atom stereocenters. The highest BCUT2D eigenvalue weighted by molar-refractivity contribution is 5.69. The number of rotatable bonds is 4. The smallest absolute Gasteiger partial charge is 0.306 e. The second-order valence-electron chi connectivity index (χ2n) is 4.84. The number of aromatic amines is 1. The molecule has 0 amide bonds. The van der Waals surface area contributed by atoms with Crippen molar-refractivity contribution >= 4 is 11.8 Å². The van der Waals surface area contributed by atoms with Crippen LogP contribution in [0.5, 0.6) is 0 Å². The van der Waals surface area contributed by atoms with E-state index in [4.69, 9.17) is 0 Å². The largest absolute Gasteiger partial charge is 0.469 e. The van der Waals surface area contributed by atoms with E-state index in [0.29, 0.717) is 18.8 Å². The molecule has 7 heteroatoms. The Balaban J connectivity index is 1.87. The van der Waals surface area contributed by atoms with E-state index in [0.717, 1.165) is 32.0 Å². The van der Waals surface area contributed by atoms with Crippen molar-refractivity contribution in [2.75, 3.05) is 44.7 Å². The number of piperazine rings is 1. The van der Waals surface area contributed by atoms with Crippen molar-refractivity contribution in [2.45, 2.75) is 13.3 Å². The Morgan fingerprint density at radius 1 is 1.40 bits per heavy atom. The molecule has 0 saturated carbocycles. The van der Waals surface area contributed by atoms with Crippen LogP contribution >= 0.6 is 0 Å². The van der Waals surface area contributed by atoms with Gasteiger partial charge in [-0.25, -0.2) is 4.98 Å². The maximum absolute atomic E-state index is 11.4. The molecule has 0 unspecified atom stereocenters. The molecule has 7 nitrogen and oxygen atoms in total. The highest BCUT2D eigenvalue weighted by Crippen LogP contribution is 2.11. The van der Waals surface area contributed by atoms with Gasteiger partial charge < -0.3 is 14.6 Å². The summed E-state index contributed by atoms with van der Waals surface area (Å²) in [6.07, 6.45) is 0.416. The average molecular weight is 280 g/mol. The number of ether oxygens (including phenoxy) is 1. The quantitative estimate of drug-likeness (QED) is 0.767. The Hall–Kier alpha value is -1.89. The summed E-state index contributed by atoms with van der Waals surface area (Å²) in [4.78, 5) is 33.9. The van der Waals surface area contributed by atoms with Gasteiger partial charge in [0.05, 0.1) is 13.5 Å². The van der Waals surface area contributed by atoms with E-state index in [9.17, 15) is 9.59 Å². The van der Waals surface area contributed by atoms with Crippen LogP contribution in [0.4, 0.5) is 5.82 Å². The third kappa shape index (κ3) is 3.80. The minimum absolute atomic E-state index is 0.124. The van der Waals surface area contributed by atoms with Crippen LogP contribution in [0, 0.1) is 6.92 Å². The van der Waals surface area contributed by atoms with Gasteiger partial charge in [-0.2, -0.15) is 0 Å². The first-order valence-electron chi connectivity index (χ1n) is 6.70. The first kappa shape index (κ1) is 14.5. The fourth-order valence-electron chi connectivity index (χ4n) is 2.28. The summed E-state index contributed by atoms with van der Waals surface area (Å²) in [6, 6.07) is 1.52. The van der Waals surface area contributed by atoms with Crippen LogP contribution in [0.3, 0.4) is 0 Å². The van der Waals surface area contributed by atoms with Crippen molar-refractivity contribution in [3.8, 4) is 0 Å². The molecule has 0 aliphatic carbocycles. The summed E-state index contributed by atoms with van der Waals surface area (Å²) in [6.45, 7) is 5.79. The number of nitrogens with one attached hydrogen (secondary N) is 1. The Kier molecular flexibility index (Phi) is 4.73. The second kappa shape index (κ2) is 6.51. The van der Waals surface area contributed by atoms with E-state index in [1.807, 2.05) is 0 Å².